The summed E-state index contributed by atoms with van der Waals surface area (Å²) in [5.41, 5.74) is 4.27. The number of anilines is 1. The van der Waals surface area contributed by atoms with Crippen LogP contribution >= 0.6 is 11.3 Å². The van der Waals surface area contributed by atoms with Crippen LogP contribution in [0.5, 0.6) is 0 Å². The number of amides is 1. The Bertz CT molecular complexity index is 946. The van der Waals surface area contributed by atoms with E-state index in [1.165, 1.54) is 16.9 Å². The highest BCUT2D eigenvalue weighted by atomic mass is 32.1. The number of carbonyl (C=O) groups excluding carboxylic acids is 2. The number of thiophene rings is 1. The van der Waals surface area contributed by atoms with Crippen molar-refractivity contribution in [1.82, 2.24) is 0 Å². The fraction of sp³-hybridized carbons (Fsp3) is 0.217. The molecule has 2 aromatic carbocycles. The number of carbonyl (C=O) groups is 2. The molecule has 3 rings (SSSR count). The van der Waals surface area contributed by atoms with Gasteiger partial charge in [0.05, 0.1) is 13.0 Å². The Morgan fingerprint density at radius 1 is 0.964 bits per heavy atom. The molecule has 1 N–H and O–H groups in total. The van der Waals surface area contributed by atoms with Crippen LogP contribution in [-0.2, 0) is 22.4 Å². The summed E-state index contributed by atoms with van der Waals surface area (Å²) < 4.78 is 5.25. The van der Waals surface area contributed by atoms with Gasteiger partial charge in [0.25, 0.3) is 0 Å². The summed E-state index contributed by atoms with van der Waals surface area (Å²) in [4.78, 5) is 25.1. The third kappa shape index (κ3) is 4.67. The van der Waals surface area contributed by atoms with Crippen LogP contribution in [0.25, 0.3) is 11.1 Å². The first-order valence-electron chi connectivity index (χ1n) is 9.34. The van der Waals surface area contributed by atoms with E-state index in [0.717, 1.165) is 23.1 Å². The van der Waals surface area contributed by atoms with E-state index in [4.69, 9.17) is 4.74 Å². The third-order valence-electron chi connectivity index (χ3n) is 4.40. The first kappa shape index (κ1) is 19.8. The first-order chi connectivity index (χ1) is 13.6. The van der Waals surface area contributed by atoms with E-state index in [0.29, 0.717) is 10.6 Å². The topological polar surface area (TPSA) is 55.4 Å². The maximum atomic E-state index is 12.6. The molecule has 3 aromatic rings. The normalized spacial score (nSPS) is 10.5. The second-order valence-corrected chi connectivity index (χ2v) is 7.21. The lowest BCUT2D eigenvalue weighted by Gasteiger charge is -2.09. The second kappa shape index (κ2) is 9.33. The Morgan fingerprint density at radius 2 is 1.68 bits per heavy atom. The van der Waals surface area contributed by atoms with Gasteiger partial charge in [0.15, 0.2) is 0 Å². The molecule has 0 aliphatic rings. The average Bonchev–Trinajstić information content (AvgIpc) is 3.12. The zero-order chi connectivity index (χ0) is 19.9. The summed E-state index contributed by atoms with van der Waals surface area (Å²) in [6, 6.07) is 17.6. The minimum Gasteiger partial charge on any atom is -0.462 e. The van der Waals surface area contributed by atoms with E-state index in [9.17, 15) is 9.59 Å². The van der Waals surface area contributed by atoms with Crippen LogP contribution in [0.1, 0.15) is 35.3 Å². The van der Waals surface area contributed by atoms with Crippen molar-refractivity contribution in [2.45, 2.75) is 26.7 Å². The quantitative estimate of drug-likeness (QED) is 0.552. The molecule has 0 saturated carbocycles. The van der Waals surface area contributed by atoms with Gasteiger partial charge in [-0.05, 0) is 30.0 Å². The van der Waals surface area contributed by atoms with Crippen LogP contribution in [0.4, 0.5) is 5.00 Å². The molecule has 4 nitrogen and oxygen atoms in total. The van der Waals surface area contributed by atoms with Crippen molar-refractivity contribution in [3.8, 4) is 11.1 Å². The molecule has 0 fully saturated rings. The zero-order valence-corrected chi connectivity index (χ0v) is 16.8. The Hall–Kier alpha value is -2.92. The van der Waals surface area contributed by atoms with Crippen molar-refractivity contribution >= 4 is 28.2 Å². The lowest BCUT2D eigenvalue weighted by atomic mass is 10.0. The summed E-state index contributed by atoms with van der Waals surface area (Å²) in [5, 5.41) is 5.31. The molecule has 0 aliphatic carbocycles. The standard InChI is InChI=1S/C23H23NO3S/c1-3-16-10-12-18(13-11-16)19-15-28-22(21(19)23(26)27-4-2)24-20(25)14-17-8-6-5-7-9-17/h5-13,15H,3-4,14H2,1-2H3,(H,24,25). The van der Waals surface area contributed by atoms with Gasteiger partial charge >= 0.3 is 5.97 Å². The summed E-state index contributed by atoms with van der Waals surface area (Å²) in [6.45, 7) is 4.15. The number of esters is 1. The van der Waals surface area contributed by atoms with E-state index in [1.807, 2.05) is 47.8 Å². The second-order valence-electron chi connectivity index (χ2n) is 6.34. The highest BCUT2D eigenvalue weighted by molar-refractivity contribution is 7.15. The molecule has 5 heteroatoms. The van der Waals surface area contributed by atoms with Crippen LogP contribution in [0.15, 0.2) is 60.0 Å². The van der Waals surface area contributed by atoms with Gasteiger partial charge in [-0.25, -0.2) is 4.79 Å². The van der Waals surface area contributed by atoms with Crippen molar-refractivity contribution in [3.05, 3.63) is 76.7 Å². The van der Waals surface area contributed by atoms with Crippen molar-refractivity contribution in [2.75, 3.05) is 11.9 Å². The summed E-state index contributed by atoms with van der Waals surface area (Å²) in [5.74, 6) is -0.584. The van der Waals surface area contributed by atoms with Gasteiger partial charge in [0, 0.05) is 10.9 Å². The molecule has 144 valence electrons. The molecule has 0 spiro atoms. The number of aryl methyl sites for hydroxylation is 1. The van der Waals surface area contributed by atoms with Gasteiger partial charge in [0.1, 0.15) is 10.6 Å². The first-order valence-corrected chi connectivity index (χ1v) is 10.2. The van der Waals surface area contributed by atoms with E-state index < -0.39 is 5.97 Å². The summed E-state index contributed by atoms with van der Waals surface area (Å²) >= 11 is 1.34. The van der Waals surface area contributed by atoms with Crippen molar-refractivity contribution in [2.24, 2.45) is 0 Å². The molecule has 1 aromatic heterocycles. The largest absolute Gasteiger partial charge is 0.462 e. The summed E-state index contributed by atoms with van der Waals surface area (Å²) in [7, 11) is 0. The van der Waals surface area contributed by atoms with Crippen molar-refractivity contribution in [3.63, 3.8) is 0 Å². The number of hydrogen-bond acceptors (Lipinski definition) is 4. The highest BCUT2D eigenvalue weighted by Crippen LogP contribution is 2.36. The minimum absolute atomic E-state index is 0.161. The molecule has 0 unspecified atom stereocenters. The zero-order valence-electron chi connectivity index (χ0n) is 16.0. The van der Waals surface area contributed by atoms with Crippen LogP contribution in [-0.4, -0.2) is 18.5 Å². The predicted molar refractivity (Wildman–Crippen MR) is 114 cm³/mol. The van der Waals surface area contributed by atoms with E-state index in [1.54, 1.807) is 6.92 Å². The van der Waals surface area contributed by atoms with Crippen molar-refractivity contribution < 1.29 is 14.3 Å². The average molecular weight is 394 g/mol. The number of rotatable bonds is 7. The Balaban J connectivity index is 1.88. The van der Waals surface area contributed by atoms with Gasteiger partial charge in [-0.15, -0.1) is 11.3 Å². The molecule has 0 saturated heterocycles. The predicted octanol–water partition coefficient (Wildman–Crippen LogP) is 5.34. The fourth-order valence-corrected chi connectivity index (χ4v) is 3.91. The minimum atomic E-state index is -0.423. The molecule has 0 bridgehead atoms. The van der Waals surface area contributed by atoms with E-state index in [2.05, 4.69) is 24.4 Å². The number of nitrogens with one attached hydrogen (secondary N) is 1. The molecule has 0 aliphatic heterocycles. The molecule has 28 heavy (non-hydrogen) atoms. The Morgan fingerprint density at radius 3 is 2.32 bits per heavy atom. The van der Waals surface area contributed by atoms with Gasteiger partial charge in [-0.2, -0.15) is 0 Å². The molecule has 1 heterocycles. The lowest BCUT2D eigenvalue weighted by Crippen LogP contribution is -2.16. The summed E-state index contributed by atoms with van der Waals surface area (Å²) in [6.07, 6.45) is 1.21. The lowest BCUT2D eigenvalue weighted by molar-refractivity contribution is -0.115. The fourth-order valence-electron chi connectivity index (χ4n) is 2.94. The van der Waals surface area contributed by atoms with Gasteiger partial charge in [-0.1, -0.05) is 61.5 Å². The van der Waals surface area contributed by atoms with E-state index in [-0.39, 0.29) is 18.9 Å². The Labute approximate surface area is 169 Å². The van der Waals surface area contributed by atoms with Crippen molar-refractivity contribution in [1.29, 1.82) is 0 Å². The van der Waals surface area contributed by atoms with Gasteiger partial charge in [0.2, 0.25) is 5.91 Å². The van der Waals surface area contributed by atoms with Crippen LogP contribution in [0, 0.1) is 0 Å². The third-order valence-corrected chi connectivity index (χ3v) is 5.30. The van der Waals surface area contributed by atoms with E-state index >= 15 is 0 Å². The molecular weight excluding hydrogens is 370 g/mol. The van der Waals surface area contributed by atoms with Gasteiger partial charge < -0.3 is 10.1 Å². The molecule has 1 amide bonds. The maximum absolute atomic E-state index is 12.6. The Kier molecular flexibility index (Phi) is 6.61. The monoisotopic (exact) mass is 393 g/mol. The highest BCUT2D eigenvalue weighted by Gasteiger charge is 2.22. The number of benzene rings is 2. The molecule has 0 atom stereocenters. The molecule has 0 radical (unpaired) electrons. The molecular formula is C23H23NO3S. The smallest absolute Gasteiger partial charge is 0.341 e. The maximum Gasteiger partial charge on any atom is 0.341 e. The SMILES string of the molecule is CCOC(=O)c1c(-c2ccc(CC)cc2)csc1NC(=O)Cc1ccccc1. The number of ether oxygens (including phenoxy) is 1. The van der Waals surface area contributed by atoms with Crippen LogP contribution in [0.3, 0.4) is 0 Å². The van der Waals surface area contributed by atoms with Crippen LogP contribution < -0.4 is 5.32 Å². The van der Waals surface area contributed by atoms with Gasteiger partial charge in [-0.3, -0.25) is 4.79 Å². The number of hydrogen-bond donors (Lipinski definition) is 1. The van der Waals surface area contributed by atoms with Crippen LogP contribution in [0.2, 0.25) is 0 Å².